The second-order valence-corrected chi connectivity index (χ2v) is 5.14. The number of nitrogens with one attached hydrogen (secondary N) is 1. The Morgan fingerprint density at radius 1 is 1.47 bits per heavy atom. The Morgan fingerprint density at radius 3 is 3.05 bits per heavy atom. The molecule has 0 aliphatic carbocycles. The number of hydrogen-bond acceptors (Lipinski definition) is 4. The summed E-state index contributed by atoms with van der Waals surface area (Å²) in [5.41, 5.74) is 4.15. The normalized spacial score (nSPS) is 21.1. The lowest BCUT2D eigenvalue weighted by Crippen LogP contribution is -2.40. The van der Waals surface area contributed by atoms with Gasteiger partial charge in [0.05, 0.1) is 13.2 Å². The molecule has 2 rings (SSSR count). The summed E-state index contributed by atoms with van der Waals surface area (Å²) in [6, 6.07) is 8.38. The molecule has 4 nitrogen and oxygen atoms in total. The van der Waals surface area contributed by atoms with E-state index in [-0.39, 0.29) is 6.04 Å². The number of methoxy groups -OCH3 is 1. The second kappa shape index (κ2) is 7.48. The molecule has 1 aromatic rings. The minimum absolute atomic E-state index is 0.246. The lowest BCUT2D eigenvalue weighted by Gasteiger charge is -2.26. The van der Waals surface area contributed by atoms with Crippen LogP contribution in [0.4, 0.5) is 0 Å². The van der Waals surface area contributed by atoms with E-state index in [1.165, 1.54) is 18.4 Å². The maximum absolute atomic E-state index is 5.77. The highest BCUT2D eigenvalue weighted by molar-refractivity contribution is 5.28. The van der Waals surface area contributed by atoms with Gasteiger partial charge in [-0.2, -0.15) is 0 Å². The molecule has 0 spiro atoms. The van der Waals surface area contributed by atoms with Gasteiger partial charge in [-0.05, 0) is 49.8 Å². The van der Waals surface area contributed by atoms with E-state index in [9.17, 15) is 0 Å². The van der Waals surface area contributed by atoms with E-state index in [0.717, 1.165) is 31.6 Å². The molecule has 1 saturated heterocycles. The Kier molecular flexibility index (Phi) is 5.63. The number of ether oxygens (including phenoxy) is 2. The van der Waals surface area contributed by atoms with Gasteiger partial charge in [-0.1, -0.05) is 12.1 Å². The van der Waals surface area contributed by atoms with E-state index in [1.54, 1.807) is 7.11 Å². The van der Waals surface area contributed by atoms with Crippen molar-refractivity contribution in [3.63, 3.8) is 0 Å². The number of rotatable bonds is 6. The van der Waals surface area contributed by atoms with Gasteiger partial charge < -0.3 is 9.47 Å². The Morgan fingerprint density at radius 2 is 2.37 bits per heavy atom. The molecule has 0 bridgehead atoms. The van der Waals surface area contributed by atoms with Crippen LogP contribution in [0.2, 0.25) is 0 Å². The average molecular weight is 264 g/mol. The molecule has 0 amide bonds. The van der Waals surface area contributed by atoms with Crippen LogP contribution in [0.25, 0.3) is 0 Å². The smallest absolute Gasteiger partial charge is 0.119 e. The van der Waals surface area contributed by atoms with Crippen LogP contribution >= 0.6 is 0 Å². The van der Waals surface area contributed by atoms with E-state index in [4.69, 9.17) is 15.3 Å². The third-order valence-corrected chi connectivity index (χ3v) is 3.67. The average Bonchev–Trinajstić information content (AvgIpc) is 2.48. The molecule has 0 aromatic heterocycles. The van der Waals surface area contributed by atoms with Crippen LogP contribution in [-0.4, -0.2) is 25.9 Å². The van der Waals surface area contributed by atoms with Crippen molar-refractivity contribution in [2.75, 3.05) is 13.7 Å². The van der Waals surface area contributed by atoms with Gasteiger partial charge in [-0.25, -0.2) is 0 Å². The highest BCUT2D eigenvalue weighted by Gasteiger charge is 2.19. The number of nitrogens with two attached hydrogens (primary N) is 1. The molecular weight excluding hydrogens is 240 g/mol. The SMILES string of the molecule is COc1cccc(CC(CC2CCCCO2)NN)c1. The van der Waals surface area contributed by atoms with Crippen molar-refractivity contribution >= 4 is 0 Å². The summed E-state index contributed by atoms with van der Waals surface area (Å²) in [6.45, 7) is 0.890. The number of hydrogen-bond donors (Lipinski definition) is 2. The van der Waals surface area contributed by atoms with Crippen molar-refractivity contribution < 1.29 is 9.47 Å². The van der Waals surface area contributed by atoms with Crippen molar-refractivity contribution in [1.29, 1.82) is 0 Å². The lowest BCUT2D eigenvalue weighted by molar-refractivity contribution is 0.00524. The highest BCUT2D eigenvalue weighted by atomic mass is 16.5. The first-order chi connectivity index (χ1) is 9.31. The zero-order chi connectivity index (χ0) is 13.5. The molecule has 1 aromatic carbocycles. The van der Waals surface area contributed by atoms with Crippen molar-refractivity contribution in [3.05, 3.63) is 29.8 Å². The molecule has 0 radical (unpaired) electrons. The molecule has 106 valence electrons. The summed E-state index contributed by atoms with van der Waals surface area (Å²) in [7, 11) is 1.69. The van der Waals surface area contributed by atoms with Crippen molar-refractivity contribution in [1.82, 2.24) is 5.43 Å². The van der Waals surface area contributed by atoms with Crippen LogP contribution < -0.4 is 16.0 Å². The first-order valence-electron chi connectivity index (χ1n) is 7.02. The maximum atomic E-state index is 5.77. The quantitative estimate of drug-likeness (QED) is 0.610. The van der Waals surface area contributed by atoms with Gasteiger partial charge in [-0.15, -0.1) is 0 Å². The summed E-state index contributed by atoms with van der Waals surface area (Å²) in [6.07, 6.45) is 5.81. The molecule has 1 heterocycles. The fourth-order valence-corrected chi connectivity index (χ4v) is 2.60. The third-order valence-electron chi connectivity index (χ3n) is 3.67. The predicted molar refractivity (Wildman–Crippen MR) is 76.0 cm³/mol. The van der Waals surface area contributed by atoms with Crippen molar-refractivity contribution in [3.8, 4) is 5.75 Å². The van der Waals surface area contributed by atoms with Gasteiger partial charge in [-0.3, -0.25) is 11.3 Å². The monoisotopic (exact) mass is 264 g/mol. The van der Waals surface area contributed by atoms with E-state index >= 15 is 0 Å². The summed E-state index contributed by atoms with van der Waals surface area (Å²) < 4.78 is 11.0. The Balaban J connectivity index is 1.90. The molecule has 0 saturated carbocycles. The van der Waals surface area contributed by atoms with Crippen molar-refractivity contribution in [2.24, 2.45) is 5.84 Å². The summed E-state index contributed by atoms with van der Waals surface area (Å²) >= 11 is 0. The molecule has 3 N–H and O–H groups in total. The number of hydrazine groups is 1. The molecule has 1 fully saturated rings. The Labute approximate surface area is 115 Å². The molecule has 2 unspecified atom stereocenters. The zero-order valence-corrected chi connectivity index (χ0v) is 11.6. The Bertz CT molecular complexity index is 378. The van der Waals surface area contributed by atoms with E-state index in [1.807, 2.05) is 12.1 Å². The van der Waals surface area contributed by atoms with Gasteiger partial charge in [0.25, 0.3) is 0 Å². The van der Waals surface area contributed by atoms with Crippen LogP contribution in [0, 0.1) is 0 Å². The van der Waals surface area contributed by atoms with Crippen molar-refractivity contribution in [2.45, 2.75) is 44.2 Å². The molecule has 4 heteroatoms. The summed E-state index contributed by atoms with van der Waals surface area (Å²) in [5, 5.41) is 0. The molecule has 1 aliphatic rings. The summed E-state index contributed by atoms with van der Waals surface area (Å²) in [4.78, 5) is 0. The van der Waals surface area contributed by atoms with Crippen LogP contribution in [0.3, 0.4) is 0 Å². The second-order valence-electron chi connectivity index (χ2n) is 5.14. The third kappa shape index (κ3) is 4.49. The first-order valence-corrected chi connectivity index (χ1v) is 7.02. The molecule has 2 atom stereocenters. The minimum Gasteiger partial charge on any atom is -0.497 e. The zero-order valence-electron chi connectivity index (χ0n) is 11.6. The molecule has 1 aliphatic heterocycles. The fraction of sp³-hybridized carbons (Fsp3) is 0.600. The van der Waals surface area contributed by atoms with E-state index in [0.29, 0.717) is 6.10 Å². The number of benzene rings is 1. The minimum atomic E-state index is 0.246. The largest absolute Gasteiger partial charge is 0.497 e. The van der Waals surface area contributed by atoms with E-state index in [2.05, 4.69) is 17.6 Å². The van der Waals surface area contributed by atoms with Crippen LogP contribution in [0.5, 0.6) is 5.75 Å². The van der Waals surface area contributed by atoms with Gasteiger partial charge in [0, 0.05) is 12.6 Å². The van der Waals surface area contributed by atoms with Gasteiger partial charge in [0.2, 0.25) is 0 Å². The van der Waals surface area contributed by atoms with E-state index < -0.39 is 0 Å². The van der Waals surface area contributed by atoms with Gasteiger partial charge in [0.1, 0.15) is 5.75 Å². The summed E-state index contributed by atoms with van der Waals surface area (Å²) in [5.74, 6) is 6.56. The van der Waals surface area contributed by atoms with Crippen LogP contribution in [-0.2, 0) is 11.2 Å². The predicted octanol–water partition coefficient (Wildman–Crippen LogP) is 2.03. The standard InChI is InChI=1S/C15H24N2O2/c1-18-14-7-4-5-12(10-14)9-13(17-16)11-15-6-2-3-8-19-15/h4-5,7,10,13,15,17H,2-3,6,8-9,11,16H2,1H3. The Hall–Kier alpha value is -1.10. The first kappa shape index (κ1) is 14.3. The highest BCUT2D eigenvalue weighted by Crippen LogP contribution is 2.20. The molecular formula is C15H24N2O2. The van der Waals surface area contributed by atoms with Crippen LogP contribution in [0.1, 0.15) is 31.2 Å². The van der Waals surface area contributed by atoms with Gasteiger partial charge in [0.15, 0.2) is 0 Å². The molecule has 19 heavy (non-hydrogen) atoms. The lowest BCUT2D eigenvalue weighted by atomic mass is 9.97. The maximum Gasteiger partial charge on any atom is 0.119 e. The topological polar surface area (TPSA) is 56.5 Å². The fourth-order valence-electron chi connectivity index (χ4n) is 2.60. The van der Waals surface area contributed by atoms with Crippen LogP contribution in [0.15, 0.2) is 24.3 Å². The van der Waals surface area contributed by atoms with Gasteiger partial charge >= 0.3 is 0 Å².